The number of hydrogen-bond donors (Lipinski definition) is 0. The first-order valence-electron chi connectivity index (χ1n) is 3.75. The summed E-state index contributed by atoms with van der Waals surface area (Å²) in [7, 11) is 0. The van der Waals surface area contributed by atoms with Crippen LogP contribution in [0.3, 0.4) is 0 Å². The molecule has 0 radical (unpaired) electrons. The predicted molar refractivity (Wildman–Crippen MR) is 50.0 cm³/mol. The molecular formula is C7HBrF3N3O3. The van der Waals surface area contributed by atoms with Gasteiger partial charge in [-0.05, 0) is 15.9 Å². The smallest absolute Gasteiger partial charge is 0.388 e. The molecule has 0 aromatic carbocycles. The van der Waals surface area contributed by atoms with Gasteiger partial charge in [-0.15, -0.1) is 13.2 Å². The normalized spacial score (nSPS) is 10.8. The first-order valence-corrected chi connectivity index (χ1v) is 4.54. The van der Waals surface area contributed by atoms with Gasteiger partial charge in [0.15, 0.2) is 0 Å². The number of aromatic nitrogens is 1. The summed E-state index contributed by atoms with van der Waals surface area (Å²) in [6, 6.07) is 1.97. The highest BCUT2D eigenvalue weighted by atomic mass is 79.9. The fourth-order valence-corrected chi connectivity index (χ4v) is 1.44. The molecule has 0 spiro atoms. The monoisotopic (exact) mass is 311 g/mol. The summed E-state index contributed by atoms with van der Waals surface area (Å²) < 4.78 is 38.7. The van der Waals surface area contributed by atoms with E-state index in [1.165, 1.54) is 6.07 Å². The van der Waals surface area contributed by atoms with Crippen molar-refractivity contribution in [3.05, 3.63) is 26.3 Å². The molecule has 1 heterocycles. The minimum atomic E-state index is -4.99. The molecule has 0 unspecified atom stereocenters. The van der Waals surface area contributed by atoms with Crippen LogP contribution in [0.4, 0.5) is 18.9 Å². The lowest BCUT2D eigenvalue weighted by Gasteiger charge is -2.08. The minimum Gasteiger partial charge on any atom is -0.388 e. The van der Waals surface area contributed by atoms with Gasteiger partial charge in [0.1, 0.15) is 10.5 Å². The lowest BCUT2D eigenvalue weighted by molar-refractivity contribution is -0.386. The van der Waals surface area contributed by atoms with Crippen molar-refractivity contribution < 1.29 is 22.8 Å². The third-order valence-corrected chi connectivity index (χ3v) is 2.04. The van der Waals surface area contributed by atoms with Crippen LogP contribution in [0.15, 0.2) is 10.5 Å². The summed E-state index contributed by atoms with van der Waals surface area (Å²) in [4.78, 5) is 12.7. The van der Waals surface area contributed by atoms with Crippen molar-refractivity contribution in [2.45, 2.75) is 6.36 Å². The molecule has 0 bridgehead atoms. The maximum atomic E-state index is 11.9. The van der Waals surface area contributed by atoms with Gasteiger partial charge in [-0.3, -0.25) is 10.1 Å². The van der Waals surface area contributed by atoms with Crippen LogP contribution >= 0.6 is 15.9 Å². The topological polar surface area (TPSA) is 89.0 Å². The molecular weight excluding hydrogens is 311 g/mol. The van der Waals surface area contributed by atoms with Gasteiger partial charge in [-0.25, -0.2) is 0 Å². The van der Waals surface area contributed by atoms with Crippen molar-refractivity contribution in [3.8, 4) is 11.9 Å². The van der Waals surface area contributed by atoms with E-state index in [0.29, 0.717) is 6.07 Å². The number of nitrogens with zero attached hydrogens (tertiary/aromatic N) is 3. The third kappa shape index (κ3) is 3.28. The maximum Gasteiger partial charge on any atom is 0.574 e. The number of nitriles is 1. The zero-order chi connectivity index (χ0) is 13.2. The number of pyridine rings is 1. The second-order valence-corrected chi connectivity index (χ2v) is 3.41. The summed E-state index contributed by atoms with van der Waals surface area (Å²) in [5, 5.41) is 19.1. The van der Waals surface area contributed by atoms with E-state index in [4.69, 9.17) is 5.26 Å². The minimum absolute atomic E-state index is 0.326. The highest BCUT2D eigenvalue weighted by molar-refractivity contribution is 9.10. The van der Waals surface area contributed by atoms with Crippen molar-refractivity contribution in [2.75, 3.05) is 0 Å². The molecule has 10 heteroatoms. The van der Waals surface area contributed by atoms with Gasteiger partial charge in [0, 0.05) is 6.07 Å². The van der Waals surface area contributed by atoms with E-state index in [2.05, 4.69) is 25.7 Å². The third-order valence-electron chi connectivity index (χ3n) is 1.43. The van der Waals surface area contributed by atoms with Gasteiger partial charge in [-0.1, -0.05) is 0 Å². The van der Waals surface area contributed by atoms with Gasteiger partial charge < -0.3 is 4.74 Å². The Morgan fingerprint density at radius 1 is 1.59 bits per heavy atom. The van der Waals surface area contributed by atoms with Gasteiger partial charge >= 0.3 is 12.0 Å². The van der Waals surface area contributed by atoms with Crippen LogP contribution in [0.25, 0.3) is 0 Å². The van der Waals surface area contributed by atoms with Crippen molar-refractivity contribution in [1.29, 1.82) is 5.26 Å². The zero-order valence-corrected chi connectivity index (χ0v) is 9.24. The Labute approximate surface area is 99.9 Å². The summed E-state index contributed by atoms with van der Waals surface area (Å²) in [6.07, 6.45) is -4.99. The Morgan fingerprint density at radius 3 is 2.59 bits per heavy atom. The Balaban J connectivity index is 3.29. The lowest BCUT2D eigenvalue weighted by atomic mass is 10.3. The fraction of sp³-hybridized carbons (Fsp3) is 0.143. The molecule has 17 heavy (non-hydrogen) atoms. The lowest BCUT2D eigenvalue weighted by Crippen LogP contribution is -2.18. The summed E-state index contributed by atoms with van der Waals surface area (Å²) in [5.41, 5.74) is -1.49. The molecule has 90 valence electrons. The van der Waals surface area contributed by atoms with Gasteiger partial charge in [0.2, 0.25) is 11.6 Å². The molecule has 0 aliphatic heterocycles. The molecule has 0 atom stereocenters. The van der Waals surface area contributed by atoms with Crippen LogP contribution in [0, 0.1) is 21.4 Å². The van der Waals surface area contributed by atoms with Crippen molar-refractivity contribution >= 4 is 21.6 Å². The van der Waals surface area contributed by atoms with Crippen molar-refractivity contribution in [2.24, 2.45) is 0 Å². The average molecular weight is 312 g/mol. The number of hydrogen-bond acceptors (Lipinski definition) is 5. The van der Waals surface area contributed by atoms with Crippen LogP contribution < -0.4 is 4.74 Å². The quantitative estimate of drug-likeness (QED) is 0.618. The molecule has 1 rings (SSSR count). The molecule has 0 aliphatic rings. The first kappa shape index (κ1) is 13.2. The largest absolute Gasteiger partial charge is 0.574 e. The van der Waals surface area contributed by atoms with E-state index in [-0.39, 0.29) is 4.47 Å². The molecule has 6 nitrogen and oxygen atoms in total. The Bertz CT molecular complexity index is 512. The maximum absolute atomic E-state index is 11.9. The number of halogens is 4. The Kier molecular flexibility index (Phi) is 3.52. The summed E-state index contributed by atoms with van der Waals surface area (Å²) >= 11 is 2.67. The Hall–Kier alpha value is -1.89. The zero-order valence-electron chi connectivity index (χ0n) is 7.66. The number of alkyl halides is 3. The SMILES string of the molecule is N#Cc1nc(OC(F)(F)F)cc(Br)c1[N+](=O)[O-]. The molecule has 0 saturated heterocycles. The summed E-state index contributed by atoms with van der Waals surface area (Å²) in [5.74, 6) is -0.952. The van der Waals surface area contributed by atoms with E-state index in [1.54, 1.807) is 0 Å². The average Bonchev–Trinajstić information content (AvgIpc) is 2.12. The van der Waals surface area contributed by atoms with Gasteiger partial charge in [0.05, 0.1) is 4.92 Å². The predicted octanol–water partition coefficient (Wildman–Crippen LogP) is 2.52. The summed E-state index contributed by atoms with van der Waals surface area (Å²) in [6.45, 7) is 0. The molecule has 0 aliphatic carbocycles. The van der Waals surface area contributed by atoms with E-state index in [1.807, 2.05) is 0 Å². The molecule has 1 aromatic heterocycles. The van der Waals surface area contributed by atoms with Crippen molar-refractivity contribution in [3.63, 3.8) is 0 Å². The van der Waals surface area contributed by atoms with E-state index >= 15 is 0 Å². The fourth-order valence-electron chi connectivity index (χ4n) is 0.908. The molecule has 0 fully saturated rings. The second-order valence-electron chi connectivity index (χ2n) is 2.56. The number of rotatable bonds is 2. The van der Waals surface area contributed by atoms with E-state index in [9.17, 15) is 23.3 Å². The number of ether oxygens (including phenoxy) is 1. The second kappa shape index (κ2) is 4.54. The van der Waals surface area contributed by atoms with Gasteiger partial charge in [-0.2, -0.15) is 10.2 Å². The molecule has 1 aromatic rings. The van der Waals surface area contributed by atoms with Crippen LogP contribution in [0.1, 0.15) is 5.69 Å². The highest BCUT2D eigenvalue weighted by Crippen LogP contribution is 2.32. The molecule has 0 amide bonds. The standard InChI is InChI=1S/C7HBrF3N3O3/c8-3-1-5(17-7(9,10)11)13-4(2-12)6(3)14(15)16/h1H. The van der Waals surface area contributed by atoms with Crippen LogP contribution in [-0.4, -0.2) is 16.3 Å². The molecule has 0 N–H and O–H groups in total. The van der Waals surface area contributed by atoms with Crippen LogP contribution in [-0.2, 0) is 0 Å². The van der Waals surface area contributed by atoms with Crippen LogP contribution in [0.2, 0.25) is 0 Å². The Morgan fingerprint density at radius 2 is 2.18 bits per heavy atom. The van der Waals surface area contributed by atoms with Gasteiger partial charge in [0.25, 0.3) is 0 Å². The van der Waals surface area contributed by atoms with Crippen LogP contribution in [0.5, 0.6) is 5.88 Å². The van der Waals surface area contributed by atoms with E-state index < -0.39 is 28.5 Å². The number of nitro groups is 1. The first-order chi connectivity index (χ1) is 7.74. The highest BCUT2D eigenvalue weighted by Gasteiger charge is 2.33. The van der Waals surface area contributed by atoms with E-state index in [0.717, 1.165) is 0 Å². The van der Waals surface area contributed by atoms with Crippen molar-refractivity contribution in [1.82, 2.24) is 4.98 Å². The molecule has 0 saturated carbocycles.